The van der Waals surface area contributed by atoms with Crippen molar-refractivity contribution in [2.45, 2.75) is 69.2 Å². The minimum atomic E-state index is -3.04. The van der Waals surface area contributed by atoms with E-state index in [4.69, 9.17) is 9.47 Å². The molecule has 2 N–H and O–H groups in total. The summed E-state index contributed by atoms with van der Waals surface area (Å²) in [5.41, 5.74) is 3.86. The Kier molecular flexibility index (Phi) is 9.55. The number of nitrogens with zero attached hydrogens (tertiary/aromatic N) is 3. The van der Waals surface area contributed by atoms with Gasteiger partial charge in [0.2, 0.25) is 12.3 Å². The summed E-state index contributed by atoms with van der Waals surface area (Å²) in [6.45, 7) is 6.07. The van der Waals surface area contributed by atoms with Crippen LogP contribution in [0, 0.1) is 5.92 Å². The van der Waals surface area contributed by atoms with Gasteiger partial charge in [-0.1, -0.05) is 61.5 Å². The Morgan fingerprint density at radius 1 is 1.00 bits per heavy atom. The third-order valence-electron chi connectivity index (χ3n) is 11.1. The normalized spacial score (nSPS) is 23.8. The maximum Gasteiger partial charge on any atom is 0.264 e. The molecule has 0 saturated carbocycles. The zero-order valence-corrected chi connectivity index (χ0v) is 30.9. The van der Waals surface area contributed by atoms with Crippen LogP contribution in [0.25, 0.3) is 0 Å². The van der Waals surface area contributed by atoms with Gasteiger partial charge in [-0.15, -0.1) is 0 Å². The van der Waals surface area contributed by atoms with Gasteiger partial charge in [-0.25, -0.2) is 0 Å². The number of carbonyl (C=O) groups excluding carboxylic acids is 3. The van der Waals surface area contributed by atoms with E-state index >= 15 is 0 Å². The smallest absolute Gasteiger partial charge is 0.264 e. The molecule has 0 aromatic heterocycles. The van der Waals surface area contributed by atoms with Crippen molar-refractivity contribution in [1.82, 2.24) is 4.90 Å². The second kappa shape index (κ2) is 14.0. The highest BCUT2D eigenvalue weighted by Gasteiger charge is 2.66. The summed E-state index contributed by atoms with van der Waals surface area (Å²) in [5, 5.41) is 10.3. The lowest BCUT2D eigenvalue weighted by Crippen LogP contribution is -2.48. The summed E-state index contributed by atoms with van der Waals surface area (Å²) in [6.07, 6.45) is 0.558. The van der Waals surface area contributed by atoms with Crippen LogP contribution in [0.2, 0.25) is 18.6 Å². The van der Waals surface area contributed by atoms with Crippen LogP contribution in [0.5, 0.6) is 5.75 Å². The second-order valence-electron chi connectivity index (χ2n) is 14.6. The lowest BCUT2D eigenvalue weighted by Gasteiger charge is -2.37. The van der Waals surface area contributed by atoms with Crippen LogP contribution in [0.1, 0.15) is 35.6 Å². The number of ether oxygens (including phenoxy) is 2. The molecule has 3 heterocycles. The molecule has 0 radical (unpaired) electrons. The van der Waals surface area contributed by atoms with Crippen molar-refractivity contribution in [3.8, 4) is 5.75 Å². The fourth-order valence-corrected chi connectivity index (χ4v) is 11.2. The van der Waals surface area contributed by atoms with E-state index in [0.29, 0.717) is 35.7 Å². The first kappa shape index (κ1) is 35.6. The zero-order chi connectivity index (χ0) is 36.8. The second-order valence-corrected chi connectivity index (χ2v) is 18.6. The number of aliphatic hydroxyl groups excluding tert-OH is 1. The van der Waals surface area contributed by atoms with Gasteiger partial charge in [0.25, 0.3) is 5.91 Å². The van der Waals surface area contributed by atoms with Gasteiger partial charge in [-0.2, -0.15) is 0 Å². The van der Waals surface area contributed by atoms with Crippen molar-refractivity contribution in [3.05, 3.63) is 119 Å². The lowest BCUT2D eigenvalue weighted by molar-refractivity contribution is -0.151. The van der Waals surface area contributed by atoms with E-state index in [1.807, 2.05) is 117 Å². The van der Waals surface area contributed by atoms with Gasteiger partial charge in [-0.05, 0) is 78.7 Å². The van der Waals surface area contributed by atoms with Crippen molar-refractivity contribution < 1.29 is 33.8 Å². The average Bonchev–Trinajstić information content (AvgIpc) is 3.57. The number of carbonyl (C=O) groups is 3. The summed E-state index contributed by atoms with van der Waals surface area (Å²) >= 11 is 0. The Morgan fingerprint density at radius 2 is 1.67 bits per heavy atom. The predicted octanol–water partition coefficient (Wildman–Crippen LogP) is 5.67. The van der Waals surface area contributed by atoms with Gasteiger partial charge in [-0.3, -0.25) is 19.3 Å². The molecular formula is C41H45N3O7Si. The van der Waals surface area contributed by atoms with Crippen LogP contribution >= 0.6 is 0 Å². The van der Waals surface area contributed by atoms with Crippen molar-refractivity contribution >= 4 is 43.6 Å². The molecule has 270 valence electrons. The Hall–Kier alpha value is -4.81. The Bertz CT molecular complexity index is 1970. The maximum atomic E-state index is 15.0. The third kappa shape index (κ3) is 6.11. The predicted molar refractivity (Wildman–Crippen MR) is 201 cm³/mol. The molecule has 0 unspecified atom stereocenters. The quantitative estimate of drug-likeness (QED) is 0.160. The topological polar surface area (TPSA) is 120 Å². The van der Waals surface area contributed by atoms with Crippen molar-refractivity contribution in [1.29, 1.82) is 0 Å². The molecule has 0 bridgehead atoms. The van der Waals surface area contributed by atoms with Gasteiger partial charge in [0.1, 0.15) is 5.75 Å². The molecule has 1 fully saturated rings. The molecule has 4 aromatic carbocycles. The number of amides is 3. The Labute approximate surface area is 305 Å². The number of benzene rings is 4. The standard InChI is InChI=1S/C41H45N3O7Si/c1-27-39(52(3,4)49)37(22-38(47)42-24-30-11-9-8-10-29(30)20-33(42)25-45)51-41(27)35-21-34(50-2)18-19-36(35)43(40(41)48)23-28-14-16-32(17-15-28)44(26-46)31-12-6-5-7-13-31/h5-19,21,26-27,33,37,39,45,49H,20,22-25H2,1-4H3/t27-,33+,37+,39-,41+/m1/s1. The van der Waals surface area contributed by atoms with E-state index in [2.05, 4.69) is 0 Å². The molecule has 3 amide bonds. The van der Waals surface area contributed by atoms with Gasteiger partial charge >= 0.3 is 0 Å². The number of methoxy groups -OCH3 is 1. The first-order valence-electron chi connectivity index (χ1n) is 17.8. The van der Waals surface area contributed by atoms with Crippen LogP contribution in [0.15, 0.2) is 97.1 Å². The molecule has 4 aromatic rings. The minimum absolute atomic E-state index is 0.0326. The van der Waals surface area contributed by atoms with E-state index in [9.17, 15) is 24.3 Å². The van der Waals surface area contributed by atoms with Crippen molar-refractivity contribution in [3.63, 3.8) is 0 Å². The number of hydrogen-bond acceptors (Lipinski definition) is 7. The van der Waals surface area contributed by atoms with Crippen LogP contribution < -0.4 is 14.5 Å². The number of fused-ring (bicyclic) bond motifs is 3. The summed E-state index contributed by atoms with van der Waals surface area (Å²) in [6, 6.07) is 30.0. The molecule has 7 rings (SSSR count). The number of anilines is 3. The number of aliphatic hydroxyl groups is 1. The molecule has 3 aliphatic rings. The molecule has 52 heavy (non-hydrogen) atoms. The fourth-order valence-electron chi connectivity index (χ4n) is 8.68. The maximum absolute atomic E-state index is 15.0. The van der Waals surface area contributed by atoms with E-state index in [1.54, 1.807) is 21.8 Å². The van der Waals surface area contributed by atoms with E-state index in [0.717, 1.165) is 28.8 Å². The SMILES string of the molecule is COc1ccc2c(c1)[C@]1(O[C@@H](CC(=O)N3Cc4ccccc4C[C@H]3CO)[C@H]([Si](C)(C)O)[C@H]1C)C(=O)N2Cc1ccc(N(C=O)c2ccccc2)cc1. The summed E-state index contributed by atoms with van der Waals surface area (Å²) in [7, 11) is -1.47. The highest BCUT2D eigenvalue weighted by Crippen LogP contribution is 2.60. The van der Waals surface area contributed by atoms with Crippen LogP contribution in [0.3, 0.4) is 0 Å². The van der Waals surface area contributed by atoms with Crippen LogP contribution in [-0.2, 0) is 44.2 Å². The summed E-state index contributed by atoms with van der Waals surface area (Å²) < 4.78 is 12.6. The molecule has 1 spiro atoms. The summed E-state index contributed by atoms with van der Waals surface area (Å²) in [4.78, 5) is 57.9. The molecule has 10 nitrogen and oxygen atoms in total. The largest absolute Gasteiger partial charge is 0.497 e. The molecular weight excluding hydrogens is 675 g/mol. The highest BCUT2D eigenvalue weighted by atomic mass is 28.4. The fraction of sp³-hybridized carbons (Fsp3) is 0.341. The third-order valence-corrected chi connectivity index (χ3v) is 13.7. The van der Waals surface area contributed by atoms with E-state index in [1.165, 1.54) is 0 Å². The Morgan fingerprint density at radius 3 is 2.33 bits per heavy atom. The van der Waals surface area contributed by atoms with Gasteiger partial charge in [0.15, 0.2) is 13.9 Å². The van der Waals surface area contributed by atoms with Gasteiger partial charge in [0.05, 0.1) is 44.5 Å². The average molecular weight is 720 g/mol. The van der Waals surface area contributed by atoms with E-state index < -0.39 is 31.5 Å². The van der Waals surface area contributed by atoms with E-state index in [-0.39, 0.29) is 37.4 Å². The van der Waals surface area contributed by atoms with Gasteiger partial charge in [0, 0.05) is 34.9 Å². The highest BCUT2D eigenvalue weighted by molar-refractivity contribution is 6.71. The number of hydrogen-bond donors (Lipinski definition) is 2. The molecule has 5 atom stereocenters. The van der Waals surface area contributed by atoms with Crippen LogP contribution in [-0.4, -0.2) is 67.2 Å². The molecule has 1 saturated heterocycles. The molecule has 3 aliphatic heterocycles. The first-order chi connectivity index (χ1) is 25.0. The molecule has 11 heteroatoms. The molecule has 0 aliphatic carbocycles. The lowest BCUT2D eigenvalue weighted by atomic mass is 9.82. The minimum Gasteiger partial charge on any atom is -0.497 e. The zero-order valence-electron chi connectivity index (χ0n) is 29.9. The Balaban J connectivity index is 1.20. The van der Waals surface area contributed by atoms with Crippen molar-refractivity contribution in [2.75, 3.05) is 23.5 Å². The van der Waals surface area contributed by atoms with Crippen molar-refractivity contribution in [2.24, 2.45) is 5.92 Å². The number of para-hydroxylation sites is 1. The summed E-state index contributed by atoms with van der Waals surface area (Å²) in [5.74, 6) is -0.341. The van der Waals surface area contributed by atoms with Gasteiger partial charge < -0.3 is 29.2 Å². The number of rotatable bonds is 10. The monoisotopic (exact) mass is 719 g/mol. The first-order valence-corrected chi connectivity index (χ1v) is 20.8. The van der Waals surface area contributed by atoms with Crippen LogP contribution in [0.4, 0.5) is 17.1 Å².